The molecule has 0 spiro atoms. The lowest BCUT2D eigenvalue weighted by molar-refractivity contribution is -0.114. The van der Waals surface area contributed by atoms with Crippen molar-refractivity contribution in [3.05, 3.63) is 48.6 Å². The second-order valence-electron chi connectivity index (χ2n) is 4.01. The number of allylic oxidation sites excluding steroid dienone is 6. The minimum absolute atomic E-state index is 0.202. The molecule has 1 nitrogen and oxygen atoms in total. The Hall–Kier alpha value is -1.37. The number of ketones is 1. The molecule has 0 aliphatic carbocycles. The van der Waals surface area contributed by atoms with Gasteiger partial charge in [-0.05, 0) is 39.7 Å². The molecule has 1 heteroatoms. The summed E-state index contributed by atoms with van der Waals surface area (Å²) in [7, 11) is 0. The molecule has 0 aliphatic heterocycles. The number of carbonyl (C=O) groups is 1. The normalized spacial score (nSPS) is 10.7. The number of hydrogen-bond donors (Lipinski definition) is 0. The maximum atomic E-state index is 11.3. The molecule has 0 saturated carbocycles. The van der Waals surface area contributed by atoms with Crippen LogP contribution in [0.2, 0.25) is 0 Å². The molecule has 0 radical (unpaired) electrons. The lowest BCUT2D eigenvalue weighted by atomic mass is 10.1. The van der Waals surface area contributed by atoms with Crippen LogP contribution in [-0.4, -0.2) is 5.78 Å². The molecule has 17 heavy (non-hydrogen) atoms. The molecule has 0 rings (SSSR count). The third-order valence-electron chi connectivity index (χ3n) is 2.16. The summed E-state index contributed by atoms with van der Waals surface area (Å²) in [6.45, 7) is 14.3. The Bertz CT molecular complexity index is 289. The van der Waals surface area contributed by atoms with E-state index < -0.39 is 0 Å². The highest BCUT2D eigenvalue weighted by molar-refractivity contribution is 5.89. The van der Waals surface area contributed by atoms with Gasteiger partial charge in [-0.1, -0.05) is 36.3 Å². The fraction of sp³-hybridized carbons (Fsp3) is 0.438. The van der Waals surface area contributed by atoms with E-state index in [1.54, 1.807) is 6.08 Å². The number of carbonyl (C=O) groups excluding carboxylic acids is 1. The van der Waals surface area contributed by atoms with Crippen LogP contribution >= 0.6 is 0 Å². The first-order valence-electron chi connectivity index (χ1n) is 6.06. The fourth-order valence-corrected chi connectivity index (χ4v) is 1.02. The van der Waals surface area contributed by atoms with E-state index in [0.29, 0.717) is 6.42 Å². The third-order valence-corrected chi connectivity index (χ3v) is 2.16. The van der Waals surface area contributed by atoms with Crippen LogP contribution in [0.15, 0.2) is 48.6 Å². The molecule has 0 aromatic heterocycles. The van der Waals surface area contributed by atoms with Gasteiger partial charge in [0.05, 0.1) is 0 Å². The van der Waals surface area contributed by atoms with Crippen molar-refractivity contribution in [1.82, 2.24) is 0 Å². The standard InChI is InChI=1S/C14H22O.C2H4/c1-5-13(4)9-7-11-14(15)10-6-8-12(2)3;1-2/h7-9,11H,5-6,10H2,1-4H3;1-2H2. The molecule has 96 valence electrons. The van der Waals surface area contributed by atoms with Gasteiger partial charge in [0.25, 0.3) is 0 Å². The van der Waals surface area contributed by atoms with Crippen LogP contribution in [0.1, 0.15) is 47.0 Å². The van der Waals surface area contributed by atoms with E-state index in [-0.39, 0.29) is 5.78 Å². The summed E-state index contributed by atoms with van der Waals surface area (Å²) in [4.78, 5) is 11.3. The minimum Gasteiger partial charge on any atom is -0.295 e. The zero-order valence-corrected chi connectivity index (χ0v) is 11.8. The Kier molecular flexibility index (Phi) is 13.5. The first-order chi connectivity index (χ1) is 8.06. The van der Waals surface area contributed by atoms with Gasteiger partial charge in [-0.2, -0.15) is 0 Å². The lowest BCUT2D eigenvalue weighted by Gasteiger charge is -1.92. The van der Waals surface area contributed by atoms with Crippen LogP contribution < -0.4 is 0 Å². The highest BCUT2D eigenvalue weighted by Gasteiger charge is 1.93. The quantitative estimate of drug-likeness (QED) is 0.358. The Morgan fingerprint density at radius 3 is 2.24 bits per heavy atom. The Labute approximate surface area is 107 Å². The second kappa shape index (κ2) is 12.7. The largest absolute Gasteiger partial charge is 0.295 e. The van der Waals surface area contributed by atoms with E-state index in [1.807, 2.05) is 26.0 Å². The van der Waals surface area contributed by atoms with Crippen LogP contribution in [0.3, 0.4) is 0 Å². The summed E-state index contributed by atoms with van der Waals surface area (Å²) in [6.07, 6.45) is 10.1. The summed E-state index contributed by atoms with van der Waals surface area (Å²) < 4.78 is 0. The predicted molar refractivity (Wildman–Crippen MR) is 78.1 cm³/mol. The van der Waals surface area contributed by atoms with Gasteiger partial charge in [-0.3, -0.25) is 4.79 Å². The van der Waals surface area contributed by atoms with Crippen LogP contribution in [0, 0.1) is 0 Å². The molecular formula is C16H26O. The fourth-order valence-electron chi connectivity index (χ4n) is 1.02. The first-order valence-corrected chi connectivity index (χ1v) is 6.06. The molecule has 0 amide bonds. The molecule has 0 atom stereocenters. The molecule has 0 aromatic rings. The SMILES string of the molecule is C=C.CCC(C)=CC=CC(=O)CCC=C(C)C. The van der Waals surface area contributed by atoms with Gasteiger partial charge < -0.3 is 0 Å². The minimum atomic E-state index is 0.202. The first kappa shape index (κ1) is 18.0. The summed E-state index contributed by atoms with van der Waals surface area (Å²) in [5.74, 6) is 0.202. The van der Waals surface area contributed by atoms with Crippen molar-refractivity contribution in [2.24, 2.45) is 0 Å². The molecule has 0 aliphatic rings. The molecule has 0 aromatic carbocycles. The Morgan fingerprint density at radius 1 is 1.18 bits per heavy atom. The monoisotopic (exact) mass is 234 g/mol. The van der Waals surface area contributed by atoms with E-state index >= 15 is 0 Å². The van der Waals surface area contributed by atoms with Crippen molar-refractivity contribution < 1.29 is 4.79 Å². The van der Waals surface area contributed by atoms with Crippen molar-refractivity contribution in [2.45, 2.75) is 47.0 Å². The van der Waals surface area contributed by atoms with Crippen LogP contribution in [-0.2, 0) is 4.79 Å². The summed E-state index contributed by atoms with van der Waals surface area (Å²) in [5.41, 5.74) is 2.57. The van der Waals surface area contributed by atoms with Crippen molar-refractivity contribution in [2.75, 3.05) is 0 Å². The zero-order chi connectivity index (χ0) is 13.7. The summed E-state index contributed by atoms with van der Waals surface area (Å²) >= 11 is 0. The van der Waals surface area contributed by atoms with E-state index in [4.69, 9.17) is 0 Å². The van der Waals surface area contributed by atoms with Gasteiger partial charge in [-0.25, -0.2) is 0 Å². The van der Waals surface area contributed by atoms with Gasteiger partial charge in [0.15, 0.2) is 5.78 Å². The topological polar surface area (TPSA) is 17.1 Å². The van der Waals surface area contributed by atoms with Crippen LogP contribution in [0.4, 0.5) is 0 Å². The van der Waals surface area contributed by atoms with Crippen molar-refractivity contribution >= 4 is 5.78 Å². The molecule has 0 N–H and O–H groups in total. The number of hydrogen-bond acceptors (Lipinski definition) is 1. The lowest BCUT2D eigenvalue weighted by Crippen LogP contribution is -1.90. The second-order valence-corrected chi connectivity index (χ2v) is 4.01. The maximum Gasteiger partial charge on any atom is 0.155 e. The maximum absolute atomic E-state index is 11.3. The van der Waals surface area contributed by atoms with Gasteiger partial charge >= 0.3 is 0 Å². The molecule has 0 heterocycles. The van der Waals surface area contributed by atoms with Gasteiger partial charge in [0.2, 0.25) is 0 Å². The molecule has 0 fully saturated rings. The summed E-state index contributed by atoms with van der Waals surface area (Å²) in [6, 6.07) is 0. The third kappa shape index (κ3) is 14.6. The van der Waals surface area contributed by atoms with Crippen molar-refractivity contribution in [3.63, 3.8) is 0 Å². The highest BCUT2D eigenvalue weighted by Crippen LogP contribution is 2.00. The van der Waals surface area contributed by atoms with Crippen LogP contribution in [0.5, 0.6) is 0 Å². The molecule has 0 saturated heterocycles. The molecular weight excluding hydrogens is 208 g/mol. The van der Waals surface area contributed by atoms with Crippen LogP contribution in [0.25, 0.3) is 0 Å². The number of rotatable bonds is 6. The Morgan fingerprint density at radius 2 is 1.76 bits per heavy atom. The van der Waals surface area contributed by atoms with E-state index in [1.165, 1.54) is 11.1 Å². The van der Waals surface area contributed by atoms with Gasteiger partial charge in [0.1, 0.15) is 0 Å². The highest BCUT2D eigenvalue weighted by atomic mass is 16.1. The Balaban J connectivity index is 0. The van der Waals surface area contributed by atoms with Gasteiger partial charge in [-0.15, -0.1) is 13.2 Å². The van der Waals surface area contributed by atoms with Gasteiger partial charge in [0, 0.05) is 6.42 Å². The van der Waals surface area contributed by atoms with E-state index in [2.05, 4.69) is 33.1 Å². The van der Waals surface area contributed by atoms with E-state index in [0.717, 1.165) is 12.8 Å². The molecule has 0 unspecified atom stereocenters. The van der Waals surface area contributed by atoms with E-state index in [9.17, 15) is 4.79 Å². The predicted octanol–water partition coefficient (Wildman–Crippen LogP) is 5.02. The average molecular weight is 234 g/mol. The summed E-state index contributed by atoms with van der Waals surface area (Å²) in [5, 5.41) is 0. The van der Waals surface area contributed by atoms with Crippen molar-refractivity contribution in [3.8, 4) is 0 Å². The zero-order valence-electron chi connectivity index (χ0n) is 11.8. The molecule has 0 bridgehead atoms. The smallest absolute Gasteiger partial charge is 0.155 e. The van der Waals surface area contributed by atoms with Crippen molar-refractivity contribution in [1.29, 1.82) is 0 Å². The average Bonchev–Trinajstić information content (AvgIpc) is 2.31.